The van der Waals surface area contributed by atoms with E-state index in [1.54, 1.807) is 12.1 Å². The molecule has 0 saturated carbocycles. The van der Waals surface area contributed by atoms with E-state index >= 15 is 0 Å². The monoisotopic (exact) mass is 916 g/mol. The largest absolute Gasteiger partial charge is 0.481 e. The molecule has 1 atom stereocenters. The number of carbonyl (C=O) groups excluding carboxylic acids is 2. The van der Waals surface area contributed by atoms with Gasteiger partial charge in [0.1, 0.15) is 15.8 Å². The first kappa shape index (κ1) is 47.2. The van der Waals surface area contributed by atoms with Gasteiger partial charge in [0.15, 0.2) is 0 Å². The molecule has 0 aliphatic carbocycles. The SMILES string of the molecule is CCCCN(C(=O)Cc1ccccc1)c1nnc(-c2ccc(CN3CCC3)cc2C)s1.CCCCN(C(=O)c1ccccc1F)c1nnc(-c2ccc(CN3CCC(C(=O)O)C3)cc2)s1. The predicted molar refractivity (Wildman–Crippen MR) is 257 cm³/mol. The molecular formula is C50H57FN8O4S2. The van der Waals surface area contributed by atoms with Crippen molar-refractivity contribution in [2.45, 2.75) is 78.8 Å². The highest BCUT2D eigenvalue weighted by atomic mass is 32.1. The first-order valence-electron chi connectivity index (χ1n) is 22.5. The molecule has 2 aliphatic heterocycles. The van der Waals surface area contributed by atoms with Crippen molar-refractivity contribution < 1.29 is 23.9 Å². The minimum Gasteiger partial charge on any atom is -0.481 e. The van der Waals surface area contributed by atoms with Crippen LogP contribution in [0.2, 0.25) is 0 Å². The zero-order chi connectivity index (χ0) is 45.7. The fraction of sp³-hybridized carbons (Fsp3) is 0.380. The van der Waals surface area contributed by atoms with Gasteiger partial charge in [-0.3, -0.25) is 34.0 Å². The van der Waals surface area contributed by atoms with Crippen molar-refractivity contribution in [3.8, 4) is 21.1 Å². The van der Waals surface area contributed by atoms with Crippen LogP contribution in [0.25, 0.3) is 21.1 Å². The summed E-state index contributed by atoms with van der Waals surface area (Å²) in [5.74, 6) is -1.92. The minimum atomic E-state index is -0.730. The number of hydrogen-bond acceptors (Lipinski definition) is 11. The molecule has 0 radical (unpaired) electrons. The average molecular weight is 917 g/mol. The standard InChI is InChI=1S/C25H27FN4O3S.C25H30N4OS/c1-2-3-13-30(23(31)20-6-4-5-7-21(20)26)25-28-27-22(34-25)18-10-8-17(9-11-18)15-29-14-12-19(16-29)24(32)33;1-3-4-15-29(23(30)17-20-9-6-5-7-10-20)25-27-26-24(31-25)22-12-11-21(16-19(22)2)18-28-13-8-14-28/h4-11,19H,2-3,12-16H2,1H3,(H,32,33);5-7,9-12,16H,3-4,8,13-15,17-18H2,1-2H3. The molecule has 2 saturated heterocycles. The van der Waals surface area contributed by atoms with Crippen molar-refractivity contribution in [1.29, 1.82) is 0 Å². The zero-order valence-corrected chi connectivity index (χ0v) is 39.0. The third-order valence-corrected chi connectivity index (χ3v) is 13.7. The van der Waals surface area contributed by atoms with Gasteiger partial charge >= 0.3 is 5.97 Å². The highest BCUT2D eigenvalue weighted by molar-refractivity contribution is 7.19. The van der Waals surface area contributed by atoms with Crippen LogP contribution in [0.5, 0.6) is 0 Å². The Kier molecular flexibility index (Phi) is 16.7. The van der Waals surface area contributed by atoms with Crippen LogP contribution in [0.15, 0.2) is 97.1 Å². The normalized spacial score (nSPS) is 14.9. The molecule has 6 aromatic rings. The number of benzene rings is 4. The maximum absolute atomic E-state index is 14.2. The summed E-state index contributed by atoms with van der Waals surface area (Å²) >= 11 is 2.81. The molecular weight excluding hydrogens is 860 g/mol. The summed E-state index contributed by atoms with van der Waals surface area (Å²) < 4.78 is 14.2. The Morgan fingerprint density at radius 3 is 2.00 bits per heavy atom. The molecule has 15 heteroatoms. The van der Waals surface area contributed by atoms with E-state index in [9.17, 15) is 23.9 Å². The first-order valence-corrected chi connectivity index (χ1v) is 24.2. The van der Waals surface area contributed by atoms with E-state index < -0.39 is 17.7 Å². The van der Waals surface area contributed by atoms with E-state index in [1.165, 1.54) is 70.3 Å². The summed E-state index contributed by atoms with van der Waals surface area (Å²) in [7, 11) is 0. The lowest BCUT2D eigenvalue weighted by Gasteiger charge is -2.30. The summed E-state index contributed by atoms with van der Waals surface area (Å²) in [5.41, 5.74) is 6.66. The Hall–Kier alpha value is -5.74. The minimum absolute atomic E-state index is 0.0201. The lowest BCUT2D eigenvalue weighted by molar-refractivity contribution is -0.141. The Bertz CT molecular complexity index is 2510. The summed E-state index contributed by atoms with van der Waals surface area (Å²) in [6, 6.07) is 30.4. The molecule has 4 aromatic carbocycles. The molecule has 4 heterocycles. The van der Waals surface area contributed by atoms with Crippen LogP contribution in [0.4, 0.5) is 14.7 Å². The number of aromatic nitrogens is 4. The third-order valence-electron chi connectivity index (χ3n) is 11.7. The number of unbranched alkanes of at least 4 members (excludes halogenated alkanes) is 2. The van der Waals surface area contributed by atoms with E-state index in [2.05, 4.69) is 62.2 Å². The highest BCUT2D eigenvalue weighted by Gasteiger charge is 2.28. The Morgan fingerprint density at radius 2 is 1.35 bits per heavy atom. The van der Waals surface area contributed by atoms with Crippen LogP contribution in [0.3, 0.4) is 0 Å². The van der Waals surface area contributed by atoms with Gasteiger partial charge in [0.2, 0.25) is 16.2 Å². The van der Waals surface area contributed by atoms with Crippen molar-refractivity contribution >= 4 is 50.7 Å². The van der Waals surface area contributed by atoms with Crippen molar-refractivity contribution in [2.24, 2.45) is 5.92 Å². The number of halogens is 1. The van der Waals surface area contributed by atoms with Gasteiger partial charge in [-0.15, -0.1) is 20.4 Å². The molecule has 8 rings (SSSR count). The van der Waals surface area contributed by atoms with Crippen molar-refractivity contribution in [2.75, 3.05) is 49.1 Å². The van der Waals surface area contributed by atoms with Crippen molar-refractivity contribution in [1.82, 2.24) is 30.2 Å². The zero-order valence-electron chi connectivity index (χ0n) is 37.4. The van der Waals surface area contributed by atoms with Gasteiger partial charge in [-0.2, -0.15) is 0 Å². The molecule has 0 bridgehead atoms. The predicted octanol–water partition coefficient (Wildman–Crippen LogP) is 9.79. The van der Waals surface area contributed by atoms with E-state index in [-0.39, 0.29) is 17.4 Å². The average Bonchev–Trinajstić information content (AvgIpc) is 4.09. The number of aliphatic carboxylic acids is 1. The first-order chi connectivity index (χ1) is 31.6. The maximum Gasteiger partial charge on any atom is 0.307 e. The quantitative estimate of drug-likeness (QED) is 0.0888. The number of hydrogen-bond donors (Lipinski definition) is 1. The van der Waals surface area contributed by atoms with Gasteiger partial charge in [-0.1, -0.05) is 134 Å². The summed E-state index contributed by atoms with van der Waals surface area (Å²) in [4.78, 5) is 45.2. The van der Waals surface area contributed by atoms with Crippen LogP contribution in [-0.2, 0) is 29.1 Å². The highest BCUT2D eigenvalue weighted by Crippen LogP contribution is 2.33. The number of rotatable bonds is 18. The van der Waals surface area contributed by atoms with E-state index in [1.807, 2.05) is 66.4 Å². The molecule has 2 aromatic heterocycles. The summed E-state index contributed by atoms with van der Waals surface area (Å²) in [6.45, 7) is 12.9. The number of likely N-dealkylation sites (tertiary alicyclic amines) is 2. The second-order valence-corrected chi connectivity index (χ2v) is 18.6. The number of amides is 2. The Balaban J connectivity index is 0.000000195. The summed E-state index contributed by atoms with van der Waals surface area (Å²) in [6.07, 6.45) is 5.99. The number of carboxylic acids is 1. The van der Waals surface area contributed by atoms with Crippen LogP contribution >= 0.6 is 22.7 Å². The number of anilines is 2. The lowest BCUT2D eigenvalue weighted by Crippen LogP contribution is -2.36. The Labute approximate surface area is 388 Å². The van der Waals surface area contributed by atoms with E-state index in [0.717, 1.165) is 66.0 Å². The van der Waals surface area contributed by atoms with E-state index in [4.69, 9.17) is 0 Å². The molecule has 2 amide bonds. The molecule has 2 fully saturated rings. The number of nitrogens with zero attached hydrogens (tertiary/aromatic N) is 8. The van der Waals surface area contributed by atoms with Gasteiger partial charge in [0.05, 0.1) is 17.9 Å². The topological polar surface area (TPSA) is 136 Å². The number of aryl methyl sites for hydroxylation is 1. The fourth-order valence-corrected chi connectivity index (χ4v) is 9.67. The molecule has 0 spiro atoms. The number of carboxylic acid groups (broad SMARTS) is 1. The van der Waals surface area contributed by atoms with Crippen LogP contribution in [0.1, 0.15) is 85.0 Å². The molecule has 1 unspecified atom stereocenters. The second kappa shape index (κ2) is 22.9. The molecule has 1 N–H and O–H groups in total. The van der Waals surface area contributed by atoms with Crippen molar-refractivity contribution in [3.05, 3.63) is 131 Å². The summed E-state index contributed by atoms with van der Waals surface area (Å²) in [5, 5.41) is 29.2. The van der Waals surface area contributed by atoms with Crippen LogP contribution in [-0.4, -0.2) is 92.4 Å². The molecule has 12 nitrogen and oxygen atoms in total. The maximum atomic E-state index is 14.2. The van der Waals surface area contributed by atoms with Gasteiger partial charge in [0, 0.05) is 43.9 Å². The Morgan fingerprint density at radius 1 is 0.723 bits per heavy atom. The second-order valence-electron chi connectivity index (χ2n) is 16.7. The molecule has 340 valence electrons. The molecule has 65 heavy (non-hydrogen) atoms. The van der Waals surface area contributed by atoms with Crippen LogP contribution < -0.4 is 9.80 Å². The van der Waals surface area contributed by atoms with E-state index in [0.29, 0.717) is 54.3 Å². The lowest BCUT2D eigenvalue weighted by atomic mass is 10.0. The van der Waals surface area contributed by atoms with Gasteiger partial charge in [-0.25, -0.2) is 4.39 Å². The van der Waals surface area contributed by atoms with Gasteiger partial charge in [0.25, 0.3) is 5.91 Å². The van der Waals surface area contributed by atoms with Gasteiger partial charge < -0.3 is 5.11 Å². The van der Waals surface area contributed by atoms with Crippen LogP contribution in [0, 0.1) is 18.7 Å². The number of carbonyl (C=O) groups is 3. The molecule has 2 aliphatic rings. The smallest absolute Gasteiger partial charge is 0.307 e. The third kappa shape index (κ3) is 12.5. The fourth-order valence-electron chi connectivity index (χ4n) is 7.81. The van der Waals surface area contributed by atoms with Gasteiger partial charge in [-0.05, 0) is 86.6 Å². The van der Waals surface area contributed by atoms with Crippen molar-refractivity contribution in [3.63, 3.8) is 0 Å².